The number of hydrogen-bond acceptors (Lipinski definition) is 3. The summed E-state index contributed by atoms with van der Waals surface area (Å²) in [5, 5.41) is 9.56. The van der Waals surface area contributed by atoms with Crippen molar-refractivity contribution in [1.29, 1.82) is 0 Å². The average molecular weight is 202 g/mol. The molecule has 0 heterocycles. The van der Waals surface area contributed by atoms with Gasteiger partial charge in [0.1, 0.15) is 6.10 Å². The van der Waals surface area contributed by atoms with Crippen molar-refractivity contribution in [3.8, 4) is 0 Å². The molecule has 0 aliphatic heterocycles. The van der Waals surface area contributed by atoms with Gasteiger partial charge in [-0.15, -0.1) is 0 Å². The van der Waals surface area contributed by atoms with Crippen LogP contribution in [0.25, 0.3) is 0 Å². The molecule has 0 saturated carbocycles. The van der Waals surface area contributed by atoms with Crippen molar-refractivity contribution in [2.75, 3.05) is 0 Å². The predicted octanol–water partition coefficient (Wildman–Crippen LogP) is 1.98. The van der Waals surface area contributed by atoms with Crippen molar-refractivity contribution < 1.29 is 14.6 Å². The van der Waals surface area contributed by atoms with Crippen molar-refractivity contribution in [1.82, 2.24) is 0 Å². The lowest BCUT2D eigenvalue weighted by atomic mass is 10.0. The van der Waals surface area contributed by atoms with Gasteiger partial charge in [0.05, 0.1) is 12.0 Å². The summed E-state index contributed by atoms with van der Waals surface area (Å²) in [6.07, 6.45) is -0.0943. The van der Waals surface area contributed by atoms with Crippen LogP contribution in [0.1, 0.15) is 41.0 Å². The maximum atomic E-state index is 11.2. The molecule has 0 aromatic rings. The Bertz CT molecular complexity index is 175. The van der Waals surface area contributed by atoms with Crippen LogP contribution in [0, 0.1) is 11.8 Å². The van der Waals surface area contributed by atoms with Gasteiger partial charge in [-0.3, -0.25) is 4.79 Å². The summed E-state index contributed by atoms with van der Waals surface area (Å²) < 4.78 is 5.13. The molecule has 0 aromatic carbocycles. The third-order valence-electron chi connectivity index (χ3n) is 2.13. The highest BCUT2D eigenvalue weighted by molar-refractivity contribution is 5.71. The SMILES string of the molecule is CC(C)C(=O)O[C@H](C)C[C@H](O)C(C)C. The van der Waals surface area contributed by atoms with Crippen LogP contribution in [0.15, 0.2) is 0 Å². The van der Waals surface area contributed by atoms with E-state index in [0.717, 1.165) is 0 Å². The van der Waals surface area contributed by atoms with E-state index in [-0.39, 0.29) is 23.9 Å². The zero-order chi connectivity index (χ0) is 11.3. The van der Waals surface area contributed by atoms with E-state index in [1.54, 1.807) is 13.8 Å². The number of carbonyl (C=O) groups excluding carboxylic acids is 1. The van der Waals surface area contributed by atoms with Crippen LogP contribution in [-0.2, 0) is 9.53 Å². The highest BCUT2D eigenvalue weighted by Crippen LogP contribution is 2.11. The fraction of sp³-hybridized carbons (Fsp3) is 0.909. The van der Waals surface area contributed by atoms with E-state index in [1.807, 2.05) is 20.8 Å². The Morgan fingerprint density at radius 1 is 1.21 bits per heavy atom. The summed E-state index contributed by atoms with van der Waals surface area (Å²) >= 11 is 0. The lowest BCUT2D eigenvalue weighted by molar-refractivity contribution is -0.153. The molecule has 3 nitrogen and oxygen atoms in total. The molecule has 0 amide bonds. The summed E-state index contributed by atoms with van der Waals surface area (Å²) in [6, 6.07) is 0. The Kier molecular flexibility index (Phi) is 5.77. The summed E-state index contributed by atoms with van der Waals surface area (Å²) in [5.41, 5.74) is 0. The first-order valence-electron chi connectivity index (χ1n) is 5.23. The van der Waals surface area contributed by atoms with Crippen LogP contribution >= 0.6 is 0 Å². The summed E-state index contributed by atoms with van der Waals surface area (Å²) in [6.45, 7) is 9.30. The summed E-state index contributed by atoms with van der Waals surface area (Å²) in [7, 11) is 0. The first kappa shape index (κ1) is 13.4. The van der Waals surface area contributed by atoms with Crippen LogP contribution < -0.4 is 0 Å². The fourth-order valence-corrected chi connectivity index (χ4v) is 0.995. The van der Waals surface area contributed by atoms with E-state index in [9.17, 15) is 9.90 Å². The molecular formula is C11H22O3. The Labute approximate surface area is 86.5 Å². The van der Waals surface area contributed by atoms with Gasteiger partial charge in [-0.2, -0.15) is 0 Å². The predicted molar refractivity (Wildman–Crippen MR) is 55.9 cm³/mol. The molecule has 0 rings (SSSR count). The minimum Gasteiger partial charge on any atom is -0.462 e. The Morgan fingerprint density at radius 2 is 1.71 bits per heavy atom. The second-order valence-electron chi connectivity index (χ2n) is 4.45. The number of aliphatic hydroxyl groups is 1. The van der Waals surface area contributed by atoms with Crippen molar-refractivity contribution in [2.45, 2.75) is 53.2 Å². The molecule has 0 radical (unpaired) electrons. The minimum absolute atomic E-state index is 0.103. The molecule has 2 atom stereocenters. The zero-order valence-electron chi connectivity index (χ0n) is 9.78. The first-order chi connectivity index (χ1) is 6.34. The van der Waals surface area contributed by atoms with Crippen LogP contribution in [0.5, 0.6) is 0 Å². The average Bonchev–Trinajstić information content (AvgIpc) is 2.03. The van der Waals surface area contributed by atoms with E-state index in [2.05, 4.69) is 0 Å². The maximum Gasteiger partial charge on any atom is 0.308 e. The van der Waals surface area contributed by atoms with Gasteiger partial charge in [0.2, 0.25) is 0 Å². The van der Waals surface area contributed by atoms with Gasteiger partial charge < -0.3 is 9.84 Å². The van der Waals surface area contributed by atoms with Crippen LogP contribution in [-0.4, -0.2) is 23.3 Å². The van der Waals surface area contributed by atoms with Gasteiger partial charge >= 0.3 is 5.97 Å². The van der Waals surface area contributed by atoms with E-state index in [4.69, 9.17) is 4.74 Å². The lowest BCUT2D eigenvalue weighted by Gasteiger charge is -2.20. The van der Waals surface area contributed by atoms with Crippen molar-refractivity contribution in [3.05, 3.63) is 0 Å². The number of ether oxygens (including phenoxy) is 1. The van der Waals surface area contributed by atoms with E-state index >= 15 is 0 Å². The van der Waals surface area contributed by atoms with E-state index < -0.39 is 6.10 Å². The molecule has 0 fully saturated rings. The minimum atomic E-state index is -0.398. The van der Waals surface area contributed by atoms with Gasteiger partial charge in [-0.25, -0.2) is 0 Å². The van der Waals surface area contributed by atoms with Crippen LogP contribution in [0.4, 0.5) is 0 Å². The molecule has 84 valence electrons. The zero-order valence-corrected chi connectivity index (χ0v) is 9.78. The smallest absolute Gasteiger partial charge is 0.308 e. The molecule has 0 aliphatic rings. The largest absolute Gasteiger partial charge is 0.462 e. The van der Waals surface area contributed by atoms with Gasteiger partial charge in [-0.05, 0) is 12.8 Å². The quantitative estimate of drug-likeness (QED) is 0.693. The van der Waals surface area contributed by atoms with Gasteiger partial charge in [0.15, 0.2) is 0 Å². The molecule has 3 heteroatoms. The van der Waals surface area contributed by atoms with Gasteiger partial charge in [0, 0.05) is 6.42 Å². The normalized spacial score (nSPS) is 15.7. The second kappa shape index (κ2) is 6.02. The molecular weight excluding hydrogens is 180 g/mol. The molecule has 0 spiro atoms. The molecule has 0 aromatic heterocycles. The number of carbonyl (C=O) groups is 1. The fourth-order valence-electron chi connectivity index (χ4n) is 0.995. The molecule has 0 unspecified atom stereocenters. The number of rotatable bonds is 5. The Morgan fingerprint density at radius 3 is 2.07 bits per heavy atom. The third-order valence-corrected chi connectivity index (χ3v) is 2.13. The third kappa shape index (κ3) is 5.22. The number of aliphatic hydroxyl groups excluding tert-OH is 1. The summed E-state index contributed by atoms with van der Waals surface area (Å²) in [4.78, 5) is 11.2. The van der Waals surface area contributed by atoms with Crippen molar-refractivity contribution in [2.24, 2.45) is 11.8 Å². The Balaban J connectivity index is 3.86. The van der Waals surface area contributed by atoms with Crippen molar-refractivity contribution in [3.63, 3.8) is 0 Å². The number of esters is 1. The second-order valence-corrected chi connectivity index (χ2v) is 4.45. The Hall–Kier alpha value is -0.570. The highest BCUT2D eigenvalue weighted by atomic mass is 16.5. The molecule has 14 heavy (non-hydrogen) atoms. The van der Waals surface area contributed by atoms with Crippen LogP contribution in [0.2, 0.25) is 0 Å². The monoisotopic (exact) mass is 202 g/mol. The first-order valence-corrected chi connectivity index (χ1v) is 5.23. The summed E-state index contributed by atoms with van der Waals surface area (Å²) in [5.74, 6) is -0.0997. The van der Waals surface area contributed by atoms with Crippen molar-refractivity contribution >= 4 is 5.97 Å². The molecule has 0 bridgehead atoms. The standard InChI is InChI=1S/C11H22O3/c1-7(2)10(12)6-9(5)14-11(13)8(3)4/h7-10,12H,6H2,1-5H3/t9-,10+/m1/s1. The maximum absolute atomic E-state index is 11.2. The molecule has 1 N–H and O–H groups in total. The number of hydrogen-bond donors (Lipinski definition) is 1. The molecule has 0 saturated heterocycles. The van der Waals surface area contributed by atoms with Gasteiger partial charge in [-0.1, -0.05) is 27.7 Å². The van der Waals surface area contributed by atoms with Gasteiger partial charge in [0.25, 0.3) is 0 Å². The van der Waals surface area contributed by atoms with E-state index in [0.29, 0.717) is 6.42 Å². The molecule has 0 aliphatic carbocycles. The van der Waals surface area contributed by atoms with E-state index in [1.165, 1.54) is 0 Å². The highest BCUT2D eigenvalue weighted by Gasteiger charge is 2.18. The van der Waals surface area contributed by atoms with Crippen LogP contribution in [0.3, 0.4) is 0 Å². The topological polar surface area (TPSA) is 46.5 Å². The lowest BCUT2D eigenvalue weighted by Crippen LogP contribution is -2.26.